The van der Waals surface area contributed by atoms with Crippen molar-refractivity contribution >= 4 is 162 Å². The van der Waals surface area contributed by atoms with Gasteiger partial charge in [0.15, 0.2) is 0 Å². The van der Waals surface area contributed by atoms with Crippen molar-refractivity contribution in [1.29, 1.82) is 0 Å². The second-order valence-corrected chi connectivity index (χ2v) is 24.3. The van der Waals surface area contributed by atoms with Crippen LogP contribution in [0.15, 0.2) is 310 Å². The van der Waals surface area contributed by atoms with Gasteiger partial charge in [0, 0.05) is 97.1 Å². The minimum atomic E-state index is 0.310. The number of fused-ring (bicyclic) bond motifs is 30. The highest BCUT2D eigenvalue weighted by molar-refractivity contribution is 6.29. The summed E-state index contributed by atoms with van der Waals surface area (Å²) >= 11 is 0. The summed E-state index contributed by atoms with van der Waals surface area (Å²) in [5, 5.41) is 34.4. The molecule has 4 aromatic heterocycles. The molecule has 0 N–H and O–H groups in total. The molecule has 464 valence electrons. The Labute approximate surface area is 579 Å². The predicted octanol–water partition coefficient (Wildman–Crippen LogP) is 26.6. The average molecular weight is 1250 g/mol. The van der Waals surface area contributed by atoms with Gasteiger partial charge in [0.05, 0.1) is 11.0 Å². The fourth-order valence-electron chi connectivity index (χ4n) is 14.3. The molecule has 95 heavy (non-hydrogen) atoms. The molecule has 0 fully saturated rings. The van der Waals surface area contributed by atoms with E-state index in [4.69, 9.17) is 27.6 Å². The number of hydrogen-bond donors (Lipinski definition) is 0. The van der Waals surface area contributed by atoms with Crippen LogP contribution in [0.2, 0.25) is 0 Å². The Morgan fingerprint density at radius 3 is 0.716 bits per heavy atom. The summed E-state index contributed by atoms with van der Waals surface area (Å²) in [5.74, 6) is 0. The van der Waals surface area contributed by atoms with Crippen molar-refractivity contribution in [3.63, 3.8) is 0 Å². The van der Waals surface area contributed by atoms with Gasteiger partial charge >= 0.3 is 0 Å². The lowest BCUT2D eigenvalue weighted by molar-refractivity contribution is 1.37. The Hall–Kier alpha value is -12.0. The van der Waals surface area contributed by atoms with Crippen LogP contribution in [0.25, 0.3) is 162 Å². The summed E-state index contributed by atoms with van der Waals surface area (Å²) in [6, 6.07) is 94.7. The Bertz CT molecular complexity index is 5500. The predicted molar refractivity (Wildman–Crippen MR) is 424 cm³/mol. The standard InChI is InChI=1S/C19H14.4C18H13N.7H2/c1-13-10-11-18-16-8-3-2-6-14(16)15-7-4-5-9-17(15)19(18)12-13;1-12-8-9-14-13-5-2-3-6-15(13)18-16(17(14)11-12)7-4-10-19-18;1-12-8-9-16-17(11-12)14-6-3-2-5-13(14)15-7-4-10-19-18(15)16;1-12-6-7-15-16-8-9-19-11-18(16)14-5-3-2-4-13(14)17(15)10-12;1-12-6-7-15-17(10-12)14-5-3-2-4-13(14)16-8-9-19-11-18(15)16;;;;;;;/h2-12H,1H3;4*2-11H,1H3;7*1H/i5*1D;7*1+1D. The third-order valence-corrected chi connectivity index (χ3v) is 18.5. The monoisotopic (exact) mass is 1250 g/mol. The van der Waals surface area contributed by atoms with Gasteiger partial charge in [-0.15, -0.1) is 0 Å². The summed E-state index contributed by atoms with van der Waals surface area (Å²) in [6.45, 7) is 1.58. The number of aryl methyl sites for hydroxylation is 5. The topological polar surface area (TPSA) is 51.6 Å². The van der Waals surface area contributed by atoms with Gasteiger partial charge in [0.1, 0.15) is 0 Å². The molecule has 4 heterocycles. The van der Waals surface area contributed by atoms with Crippen molar-refractivity contribution in [3.05, 3.63) is 338 Å². The van der Waals surface area contributed by atoms with E-state index in [0.717, 1.165) is 49.6 Å². The number of rotatable bonds is 0. The highest BCUT2D eigenvalue weighted by Gasteiger charge is 2.14. The van der Waals surface area contributed by atoms with E-state index in [9.17, 15) is 0 Å². The van der Waals surface area contributed by atoms with Crippen LogP contribution in [-0.4, -0.2) is 19.9 Å². The molecule has 20 rings (SSSR count). The fraction of sp³-hybridized carbons (Fsp3) is 0.0549. The molecule has 0 spiro atoms. The van der Waals surface area contributed by atoms with Crippen molar-refractivity contribution in [2.45, 2.75) is 34.5 Å². The van der Waals surface area contributed by atoms with E-state index in [-0.39, 0.29) is 0 Å². The third kappa shape index (κ3) is 10.6. The Morgan fingerprint density at radius 2 is 0.400 bits per heavy atom. The molecule has 0 atom stereocenters. The van der Waals surface area contributed by atoms with E-state index in [1.807, 2.05) is 73.6 Å². The van der Waals surface area contributed by atoms with Gasteiger partial charge < -0.3 is 0 Å². The summed E-state index contributed by atoms with van der Waals surface area (Å²) in [6.07, 6.45) is 11.2. The van der Waals surface area contributed by atoms with E-state index in [0.29, 0.717) is 34.5 Å². The van der Waals surface area contributed by atoms with Gasteiger partial charge in [0.2, 0.25) is 0 Å². The SMILES string of the molecule is [2H]Cc1ccc2c(c1)c1ccccc1c1cccnc12.[2H]Cc1ccc2c3ccccc3c3ccccc3c2c1.[2H]Cc1ccc2c3ccccc3c3ncccc3c2c1.[2H]Cc1ccc2c3ccncc3c3ccccc3c2c1.[2H]Cc1ccc2c3cnccc3c3ccccc3c2c1.[2H][2H].[2H][2H].[2H][2H].[2H][2H].[2H][2H].[2H][2H].[2H][2H]. The first-order chi connectivity index (χ1) is 56.4. The Morgan fingerprint density at radius 1 is 0.200 bits per heavy atom. The first-order valence-corrected chi connectivity index (χ1v) is 31.9. The van der Waals surface area contributed by atoms with Gasteiger partial charge in [-0.05, 0) is 177 Å². The molecular formula is C91H80N4. The molecule has 0 unspecified atom stereocenters. The molecule has 0 radical (unpaired) electrons. The van der Waals surface area contributed by atoms with Crippen LogP contribution < -0.4 is 0 Å². The van der Waals surface area contributed by atoms with Crippen LogP contribution in [0.1, 0.15) is 55.5 Å². The number of aromatic nitrogens is 4. The lowest BCUT2D eigenvalue weighted by Crippen LogP contribution is -1.86. The number of nitrogens with zero attached hydrogens (tertiary/aromatic N) is 4. The molecule has 0 saturated heterocycles. The number of hydrogen-bond acceptors (Lipinski definition) is 4. The molecule has 0 amide bonds. The molecule has 0 aliphatic heterocycles. The Balaban J connectivity index is 0.000000157. The minimum absolute atomic E-state index is 0.310. The summed E-state index contributed by atoms with van der Waals surface area (Å²) in [5.41, 5.74) is 7.33. The van der Waals surface area contributed by atoms with Gasteiger partial charge in [-0.2, -0.15) is 0 Å². The lowest BCUT2D eigenvalue weighted by Gasteiger charge is -2.10. The lowest BCUT2D eigenvalue weighted by atomic mass is 9.93. The first kappa shape index (κ1) is 46.1. The van der Waals surface area contributed by atoms with Gasteiger partial charge in [-0.25, -0.2) is 0 Å². The molecule has 0 saturated carbocycles. The molecular weight excluding hydrogens is 1150 g/mol. The zero-order valence-corrected chi connectivity index (χ0v) is 52.3. The maximum atomic E-state index is 7.59. The Kier molecular flexibility index (Phi) is 11.9. The van der Waals surface area contributed by atoms with Crippen LogP contribution in [0.4, 0.5) is 0 Å². The molecule has 0 aliphatic carbocycles. The van der Waals surface area contributed by atoms with Crippen molar-refractivity contribution in [2.24, 2.45) is 0 Å². The number of benzene rings is 16. The highest BCUT2D eigenvalue weighted by atomic mass is 14.7. The first-order valence-electron chi connectivity index (χ1n) is 42.4. The van der Waals surface area contributed by atoms with Crippen molar-refractivity contribution in [3.8, 4) is 0 Å². The van der Waals surface area contributed by atoms with Crippen LogP contribution in [0, 0.1) is 34.5 Å². The average Bonchev–Trinajstić information content (AvgIpc) is 0.777. The van der Waals surface area contributed by atoms with Gasteiger partial charge in [-0.1, -0.05) is 277 Å². The van der Waals surface area contributed by atoms with Crippen LogP contribution >= 0.6 is 0 Å². The van der Waals surface area contributed by atoms with Gasteiger partial charge in [0.25, 0.3) is 0 Å². The minimum Gasteiger partial charge on any atom is -0.264 e. The zero-order valence-electron chi connectivity index (χ0n) is 71.3. The molecule has 0 aliphatic rings. The molecule has 0 bridgehead atoms. The van der Waals surface area contributed by atoms with E-state index >= 15 is 0 Å². The molecule has 20 aromatic rings. The molecule has 16 aromatic carbocycles. The van der Waals surface area contributed by atoms with Crippen molar-refractivity contribution in [2.75, 3.05) is 0 Å². The zero-order chi connectivity index (χ0) is 81.6. The molecule has 4 heteroatoms. The summed E-state index contributed by atoms with van der Waals surface area (Å²) in [7, 11) is 0. The van der Waals surface area contributed by atoms with E-state index < -0.39 is 0 Å². The summed E-state index contributed by atoms with van der Waals surface area (Å²) < 4.78 is 108. The normalized spacial score (nSPS) is 12.7. The fourth-order valence-corrected chi connectivity index (χ4v) is 14.3. The van der Waals surface area contributed by atoms with Crippen LogP contribution in [0.5, 0.6) is 0 Å². The molecule has 4 nitrogen and oxygen atoms in total. The second-order valence-electron chi connectivity index (χ2n) is 24.3. The van der Waals surface area contributed by atoms with Gasteiger partial charge in [-0.3, -0.25) is 19.9 Å². The maximum Gasteiger partial charge on any atom is 0.0786 e. The van der Waals surface area contributed by atoms with E-state index in [1.54, 1.807) is 0 Å². The largest absolute Gasteiger partial charge is 0.264 e. The summed E-state index contributed by atoms with van der Waals surface area (Å²) in [4.78, 5) is 17.7. The van der Waals surface area contributed by atoms with Crippen LogP contribution in [0.3, 0.4) is 0 Å². The smallest absolute Gasteiger partial charge is 0.0786 e. The quantitative estimate of drug-likeness (QED) is 0.142. The maximum absolute atomic E-state index is 7.59. The second kappa shape index (κ2) is 24.6. The highest BCUT2D eigenvalue weighted by Crippen LogP contribution is 2.40. The van der Waals surface area contributed by atoms with Crippen molar-refractivity contribution < 1.29 is 27.6 Å². The van der Waals surface area contributed by atoms with Crippen molar-refractivity contribution in [1.82, 2.24) is 19.9 Å². The number of pyridine rings is 4. The third-order valence-electron chi connectivity index (χ3n) is 18.5. The van der Waals surface area contributed by atoms with E-state index in [2.05, 4.69) is 257 Å². The van der Waals surface area contributed by atoms with E-state index in [1.165, 1.54) is 140 Å². The van der Waals surface area contributed by atoms with Crippen LogP contribution in [-0.2, 0) is 0 Å².